The van der Waals surface area contributed by atoms with Crippen LogP contribution in [0.2, 0.25) is 10.0 Å². The van der Waals surface area contributed by atoms with E-state index in [0.29, 0.717) is 44.7 Å². The number of aromatic amines is 1. The van der Waals surface area contributed by atoms with E-state index in [9.17, 15) is 9.59 Å². The lowest BCUT2D eigenvalue weighted by molar-refractivity contribution is 0.0653. The first-order valence-corrected chi connectivity index (χ1v) is 10.7. The largest absolute Gasteiger partial charge is 0.495 e. The summed E-state index contributed by atoms with van der Waals surface area (Å²) in [5.41, 5.74) is 2.03. The van der Waals surface area contributed by atoms with Crippen molar-refractivity contribution in [3.8, 4) is 11.4 Å². The lowest BCUT2D eigenvalue weighted by Crippen LogP contribution is -2.45. The van der Waals surface area contributed by atoms with E-state index in [1.807, 2.05) is 19.1 Å². The summed E-state index contributed by atoms with van der Waals surface area (Å²) >= 11 is 17.5. The van der Waals surface area contributed by atoms with Gasteiger partial charge >= 0.3 is 0 Å². The van der Waals surface area contributed by atoms with Crippen molar-refractivity contribution in [1.29, 1.82) is 0 Å². The smallest absolute Gasteiger partial charge is 0.262 e. The van der Waals surface area contributed by atoms with E-state index in [1.165, 1.54) is 4.57 Å². The van der Waals surface area contributed by atoms with E-state index in [0.717, 1.165) is 0 Å². The fourth-order valence-corrected chi connectivity index (χ4v) is 4.40. The van der Waals surface area contributed by atoms with Crippen molar-refractivity contribution in [2.75, 3.05) is 7.11 Å². The summed E-state index contributed by atoms with van der Waals surface area (Å²) in [6, 6.07) is 11.8. The first kappa shape index (κ1) is 21.6. The van der Waals surface area contributed by atoms with Crippen molar-refractivity contribution in [1.82, 2.24) is 14.5 Å². The van der Waals surface area contributed by atoms with Crippen LogP contribution in [0.15, 0.2) is 47.3 Å². The van der Waals surface area contributed by atoms with Gasteiger partial charge in [-0.2, -0.15) is 0 Å². The number of methoxy groups -OCH3 is 1. The van der Waals surface area contributed by atoms with Gasteiger partial charge in [-0.15, -0.1) is 0 Å². The van der Waals surface area contributed by atoms with E-state index in [-0.39, 0.29) is 28.8 Å². The maximum absolute atomic E-state index is 13.4. The van der Waals surface area contributed by atoms with Crippen LogP contribution in [0.25, 0.3) is 5.69 Å². The Morgan fingerprint density at radius 1 is 1.19 bits per heavy atom. The highest BCUT2D eigenvalue weighted by molar-refractivity contribution is 7.71. The van der Waals surface area contributed by atoms with Gasteiger partial charge in [0.2, 0.25) is 0 Å². The Bertz CT molecular complexity index is 1300. The molecule has 1 N–H and O–H groups in total. The van der Waals surface area contributed by atoms with E-state index < -0.39 is 0 Å². The number of nitrogens with one attached hydrogen (secondary N) is 1. The van der Waals surface area contributed by atoms with Gasteiger partial charge in [-0.05, 0) is 55.9 Å². The van der Waals surface area contributed by atoms with Gasteiger partial charge in [0, 0.05) is 22.9 Å². The molecule has 1 aliphatic rings. The third-order valence-electron chi connectivity index (χ3n) is 5.40. The molecule has 4 rings (SSSR count). The number of rotatable bonds is 3. The van der Waals surface area contributed by atoms with Gasteiger partial charge in [0.25, 0.3) is 11.5 Å². The van der Waals surface area contributed by atoms with Crippen LogP contribution in [0.5, 0.6) is 5.75 Å². The van der Waals surface area contributed by atoms with Crippen molar-refractivity contribution in [3.63, 3.8) is 0 Å². The maximum Gasteiger partial charge on any atom is 0.262 e. The standard InChI is InChI=1S/C22H19Cl2N3O3S/c1-12-9-14-17(11-26(12)20(28)13-7-8-15(23)16(24)10-13)25-22(31)27(21(14)29)18-5-3-4-6-19(18)30-2/h3-8,10,12H,9,11H2,1-2H3,(H,25,31). The van der Waals surface area contributed by atoms with Gasteiger partial charge in [-0.25, -0.2) is 4.57 Å². The minimum absolute atomic E-state index is 0.190. The van der Waals surface area contributed by atoms with Crippen LogP contribution in [-0.2, 0) is 13.0 Å². The number of fused-ring (bicyclic) bond motifs is 1. The van der Waals surface area contributed by atoms with Gasteiger partial charge in [0.15, 0.2) is 4.77 Å². The molecule has 31 heavy (non-hydrogen) atoms. The molecule has 1 aliphatic heterocycles. The summed E-state index contributed by atoms with van der Waals surface area (Å²) in [5.74, 6) is 0.356. The van der Waals surface area contributed by atoms with Crippen LogP contribution in [-0.4, -0.2) is 33.5 Å². The monoisotopic (exact) mass is 475 g/mol. The number of H-pyrrole nitrogens is 1. The Balaban J connectivity index is 1.75. The predicted molar refractivity (Wildman–Crippen MR) is 123 cm³/mol. The molecule has 6 nitrogen and oxygen atoms in total. The van der Waals surface area contributed by atoms with E-state index >= 15 is 0 Å². The molecule has 9 heteroatoms. The zero-order chi connectivity index (χ0) is 22.3. The predicted octanol–water partition coefficient (Wildman–Crippen LogP) is 4.80. The summed E-state index contributed by atoms with van der Waals surface area (Å²) in [7, 11) is 1.55. The minimum atomic E-state index is -0.211. The minimum Gasteiger partial charge on any atom is -0.495 e. The summed E-state index contributed by atoms with van der Waals surface area (Å²) < 4.78 is 7.08. The van der Waals surface area contributed by atoms with Gasteiger partial charge < -0.3 is 14.6 Å². The van der Waals surface area contributed by atoms with Crippen molar-refractivity contribution >= 4 is 41.3 Å². The van der Waals surface area contributed by atoms with Gasteiger partial charge in [-0.1, -0.05) is 35.3 Å². The molecule has 1 aromatic heterocycles. The quantitative estimate of drug-likeness (QED) is 0.552. The number of carbonyl (C=O) groups is 1. The zero-order valence-electron chi connectivity index (χ0n) is 16.8. The normalized spacial score (nSPS) is 15.5. The number of amides is 1. The fourth-order valence-electron chi connectivity index (χ4n) is 3.79. The number of hydrogen-bond acceptors (Lipinski definition) is 4. The Morgan fingerprint density at radius 3 is 2.65 bits per heavy atom. The topological polar surface area (TPSA) is 67.3 Å². The van der Waals surface area contributed by atoms with Crippen LogP contribution in [0.4, 0.5) is 0 Å². The third-order valence-corrected chi connectivity index (χ3v) is 6.42. The number of para-hydroxylation sites is 2. The Labute approximate surface area is 194 Å². The molecule has 1 atom stereocenters. The van der Waals surface area contributed by atoms with Crippen LogP contribution >= 0.6 is 35.4 Å². The average Bonchev–Trinajstić information content (AvgIpc) is 2.76. The molecule has 0 aliphatic carbocycles. The highest BCUT2D eigenvalue weighted by Crippen LogP contribution is 2.27. The number of aromatic nitrogens is 2. The highest BCUT2D eigenvalue weighted by Gasteiger charge is 2.31. The van der Waals surface area contributed by atoms with Gasteiger partial charge in [0.1, 0.15) is 5.75 Å². The molecule has 3 aromatic rings. The molecule has 2 aromatic carbocycles. The Morgan fingerprint density at radius 2 is 1.94 bits per heavy atom. The molecule has 0 saturated heterocycles. The average molecular weight is 476 g/mol. The second-order valence-corrected chi connectivity index (χ2v) is 8.52. The van der Waals surface area contributed by atoms with Crippen LogP contribution < -0.4 is 10.3 Å². The van der Waals surface area contributed by atoms with E-state index in [4.69, 9.17) is 40.2 Å². The number of carbonyl (C=O) groups excluding carboxylic acids is 1. The molecule has 0 radical (unpaired) electrons. The van der Waals surface area contributed by atoms with Crippen molar-refractivity contribution in [3.05, 3.63) is 84.5 Å². The summed E-state index contributed by atoms with van der Waals surface area (Å²) in [4.78, 5) is 31.3. The molecule has 0 fully saturated rings. The SMILES string of the molecule is COc1ccccc1-n1c(=S)[nH]c2c(c1=O)CC(C)N(C(=O)c1ccc(Cl)c(Cl)c1)C2. The third kappa shape index (κ3) is 3.89. The molecule has 0 bridgehead atoms. The lowest BCUT2D eigenvalue weighted by Gasteiger charge is -2.34. The van der Waals surface area contributed by atoms with Gasteiger partial charge in [0.05, 0.1) is 29.4 Å². The molecular weight excluding hydrogens is 457 g/mol. The number of nitrogens with zero attached hydrogens (tertiary/aromatic N) is 2. The van der Waals surface area contributed by atoms with Crippen molar-refractivity contribution < 1.29 is 9.53 Å². The van der Waals surface area contributed by atoms with Crippen molar-refractivity contribution in [2.45, 2.75) is 25.9 Å². The summed E-state index contributed by atoms with van der Waals surface area (Å²) in [5, 5.41) is 0.702. The molecule has 160 valence electrons. The van der Waals surface area contributed by atoms with Crippen LogP contribution in [0.1, 0.15) is 28.5 Å². The van der Waals surface area contributed by atoms with Crippen LogP contribution in [0.3, 0.4) is 0 Å². The fraction of sp³-hybridized carbons (Fsp3) is 0.227. The molecule has 1 unspecified atom stereocenters. The molecular formula is C22H19Cl2N3O3S. The Hall–Kier alpha value is -2.61. The number of benzene rings is 2. The number of hydrogen-bond donors (Lipinski definition) is 1. The second-order valence-electron chi connectivity index (χ2n) is 7.31. The maximum atomic E-state index is 13.4. The lowest BCUT2D eigenvalue weighted by atomic mass is 9.98. The number of ether oxygens (including phenoxy) is 1. The first-order chi connectivity index (χ1) is 14.8. The molecule has 0 spiro atoms. The zero-order valence-corrected chi connectivity index (χ0v) is 19.1. The molecule has 0 saturated carbocycles. The first-order valence-electron chi connectivity index (χ1n) is 9.58. The van der Waals surface area contributed by atoms with E-state index in [2.05, 4.69) is 4.98 Å². The highest BCUT2D eigenvalue weighted by atomic mass is 35.5. The second kappa shape index (κ2) is 8.49. The van der Waals surface area contributed by atoms with Crippen molar-refractivity contribution in [2.24, 2.45) is 0 Å². The molecule has 2 heterocycles. The van der Waals surface area contributed by atoms with E-state index in [1.54, 1.807) is 42.3 Å². The molecule has 1 amide bonds. The summed E-state index contributed by atoms with van der Waals surface area (Å²) in [6.45, 7) is 2.15. The van der Waals surface area contributed by atoms with Gasteiger partial charge in [-0.3, -0.25) is 9.59 Å². The Kier molecular flexibility index (Phi) is 5.92. The number of halogens is 2. The summed E-state index contributed by atoms with van der Waals surface area (Å²) in [6.07, 6.45) is 0.391. The van der Waals surface area contributed by atoms with Crippen LogP contribution in [0, 0.1) is 4.77 Å².